The molecule has 0 radical (unpaired) electrons. The van der Waals surface area contributed by atoms with E-state index in [0.29, 0.717) is 6.54 Å². The molecule has 2 N–H and O–H groups in total. The van der Waals surface area contributed by atoms with Gasteiger partial charge in [-0.2, -0.15) is 0 Å². The van der Waals surface area contributed by atoms with E-state index in [1.807, 2.05) is 62.4 Å². The van der Waals surface area contributed by atoms with Crippen LogP contribution in [0.5, 0.6) is 0 Å². The van der Waals surface area contributed by atoms with Crippen molar-refractivity contribution in [2.75, 3.05) is 7.05 Å². The largest absolute Gasteiger partial charge is 0.340 e. The number of hydrogen-bond donors (Lipinski definition) is 1. The van der Waals surface area contributed by atoms with Gasteiger partial charge in [-0.3, -0.25) is 4.79 Å². The van der Waals surface area contributed by atoms with Crippen molar-refractivity contribution in [2.24, 2.45) is 5.73 Å². The van der Waals surface area contributed by atoms with Crippen LogP contribution < -0.4 is 5.73 Å². The molecule has 0 aliphatic rings. The lowest BCUT2D eigenvalue weighted by atomic mass is 10.0. The molecule has 2 aromatic carbocycles. The predicted molar refractivity (Wildman–Crippen MR) is 93.0 cm³/mol. The lowest BCUT2D eigenvalue weighted by Crippen LogP contribution is -2.35. The van der Waals surface area contributed by atoms with Gasteiger partial charge in [0.05, 0.1) is 0 Å². The number of halogens is 1. The zero-order chi connectivity index (χ0) is 15.4. The summed E-state index contributed by atoms with van der Waals surface area (Å²) >= 11 is 0. The van der Waals surface area contributed by atoms with Gasteiger partial charge in [0.25, 0.3) is 0 Å². The first kappa shape index (κ1) is 18.2. The van der Waals surface area contributed by atoms with Crippen molar-refractivity contribution in [3.8, 4) is 0 Å². The SMILES string of the molecule is Cc1ccc(C(N)C(=O)N(C)Cc2ccccc2C)cc1.Cl. The van der Waals surface area contributed by atoms with Gasteiger partial charge in [0.2, 0.25) is 5.91 Å². The molecule has 4 heteroatoms. The number of nitrogens with zero attached hydrogens (tertiary/aromatic N) is 1. The summed E-state index contributed by atoms with van der Waals surface area (Å²) in [7, 11) is 1.79. The van der Waals surface area contributed by atoms with E-state index in [4.69, 9.17) is 5.73 Å². The topological polar surface area (TPSA) is 46.3 Å². The van der Waals surface area contributed by atoms with E-state index < -0.39 is 6.04 Å². The Kier molecular flexibility index (Phi) is 6.60. The molecule has 0 aliphatic carbocycles. The van der Waals surface area contributed by atoms with Crippen LogP contribution in [-0.2, 0) is 11.3 Å². The van der Waals surface area contributed by atoms with Gasteiger partial charge in [0.15, 0.2) is 0 Å². The van der Waals surface area contributed by atoms with Gasteiger partial charge in [-0.15, -0.1) is 12.4 Å². The average molecular weight is 319 g/mol. The van der Waals surface area contributed by atoms with Gasteiger partial charge in [0.1, 0.15) is 6.04 Å². The summed E-state index contributed by atoms with van der Waals surface area (Å²) in [6.45, 7) is 4.64. The van der Waals surface area contributed by atoms with E-state index in [1.165, 1.54) is 5.56 Å². The summed E-state index contributed by atoms with van der Waals surface area (Å²) in [5.74, 6) is -0.0675. The van der Waals surface area contributed by atoms with Gasteiger partial charge in [-0.05, 0) is 30.5 Å². The summed E-state index contributed by atoms with van der Waals surface area (Å²) < 4.78 is 0. The molecule has 0 saturated heterocycles. The molecule has 0 saturated carbocycles. The first-order chi connectivity index (χ1) is 9.99. The molecule has 22 heavy (non-hydrogen) atoms. The molecule has 0 aliphatic heterocycles. The standard InChI is InChI=1S/C18H22N2O.ClH/c1-13-8-10-15(11-9-13)17(19)18(21)20(3)12-16-7-5-4-6-14(16)2;/h4-11,17H,12,19H2,1-3H3;1H. The average Bonchev–Trinajstić information content (AvgIpc) is 2.49. The summed E-state index contributed by atoms with van der Waals surface area (Å²) in [5.41, 5.74) is 10.4. The second kappa shape index (κ2) is 7.97. The maximum atomic E-state index is 12.4. The van der Waals surface area contributed by atoms with Crippen molar-refractivity contribution in [1.82, 2.24) is 4.90 Å². The highest BCUT2D eigenvalue weighted by Gasteiger charge is 2.20. The minimum absolute atomic E-state index is 0. The van der Waals surface area contributed by atoms with Crippen molar-refractivity contribution in [1.29, 1.82) is 0 Å². The van der Waals surface area contributed by atoms with Crippen molar-refractivity contribution in [3.63, 3.8) is 0 Å². The highest BCUT2D eigenvalue weighted by Crippen LogP contribution is 2.16. The quantitative estimate of drug-likeness (QED) is 0.939. The highest BCUT2D eigenvalue weighted by molar-refractivity contribution is 5.85. The minimum Gasteiger partial charge on any atom is -0.340 e. The number of rotatable bonds is 4. The van der Waals surface area contributed by atoms with Gasteiger partial charge in [0, 0.05) is 13.6 Å². The summed E-state index contributed by atoms with van der Waals surface area (Å²) in [4.78, 5) is 14.1. The first-order valence-corrected chi connectivity index (χ1v) is 7.10. The Morgan fingerprint density at radius 1 is 1.09 bits per heavy atom. The number of likely N-dealkylation sites (N-methyl/N-ethyl adjacent to an activating group) is 1. The molecule has 0 fully saturated rings. The Labute approximate surface area is 138 Å². The fraction of sp³-hybridized carbons (Fsp3) is 0.278. The zero-order valence-corrected chi connectivity index (χ0v) is 14.1. The molecule has 2 aromatic rings. The maximum absolute atomic E-state index is 12.4. The Morgan fingerprint density at radius 2 is 1.68 bits per heavy atom. The Balaban J connectivity index is 0.00000242. The van der Waals surface area contributed by atoms with E-state index in [9.17, 15) is 4.79 Å². The third-order valence-electron chi connectivity index (χ3n) is 3.75. The Morgan fingerprint density at radius 3 is 2.27 bits per heavy atom. The van der Waals surface area contributed by atoms with Crippen LogP contribution in [0.1, 0.15) is 28.3 Å². The molecular weight excluding hydrogens is 296 g/mol. The molecule has 0 heterocycles. The lowest BCUT2D eigenvalue weighted by molar-refractivity contribution is -0.131. The van der Waals surface area contributed by atoms with Crippen molar-refractivity contribution in [2.45, 2.75) is 26.4 Å². The Bertz CT molecular complexity index is 625. The number of hydrogen-bond acceptors (Lipinski definition) is 2. The monoisotopic (exact) mass is 318 g/mol. The van der Waals surface area contributed by atoms with Gasteiger partial charge < -0.3 is 10.6 Å². The van der Waals surface area contributed by atoms with Crippen molar-refractivity contribution < 1.29 is 4.79 Å². The van der Waals surface area contributed by atoms with Crippen LogP contribution in [0.25, 0.3) is 0 Å². The number of nitrogens with two attached hydrogens (primary N) is 1. The number of benzene rings is 2. The summed E-state index contributed by atoms with van der Waals surface area (Å²) in [6.07, 6.45) is 0. The molecule has 1 amide bonds. The fourth-order valence-corrected chi connectivity index (χ4v) is 2.27. The predicted octanol–water partition coefficient (Wildman–Crippen LogP) is 3.38. The molecule has 1 unspecified atom stereocenters. The first-order valence-electron chi connectivity index (χ1n) is 7.10. The molecule has 2 rings (SSSR count). The maximum Gasteiger partial charge on any atom is 0.244 e. The van der Waals surface area contributed by atoms with Crippen LogP contribution in [0.4, 0.5) is 0 Å². The number of amides is 1. The number of carbonyl (C=O) groups is 1. The Hall–Kier alpha value is -1.84. The van der Waals surface area contributed by atoms with Crippen LogP contribution >= 0.6 is 12.4 Å². The summed E-state index contributed by atoms with van der Waals surface area (Å²) in [6, 6.07) is 15.2. The number of carbonyl (C=O) groups excluding carboxylic acids is 1. The molecule has 0 spiro atoms. The number of aryl methyl sites for hydroxylation is 2. The molecular formula is C18H23ClN2O. The molecule has 3 nitrogen and oxygen atoms in total. The summed E-state index contributed by atoms with van der Waals surface area (Å²) in [5, 5.41) is 0. The van der Waals surface area contributed by atoms with Gasteiger partial charge in [-0.25, -0.2) is 0 Å². The van der Waals surface area contributed by atoms with E-state index in [2.05, 4.69) is 0 Å². The third kappa shape index (κ3) is 4.33. The fourth-order valence-electron chi connectivity index (χ4n) is 2.27. The lowest BCUT2D eigenvalue weighted by Gasteiger charge is -2.22. The van der Waals surface area contributed by atoms with Crippen molar-refractivity contribution >= 4 is 18.3 Å². The van der Waals surface area contributed by atoms with Gasteiger partial charge >= 0.3 is 0 Å². The minimum atomic E-state index is -0.611. The second-order valence-corrected chi connectivity index (χ2v) is 5.51. The van der Waals surface area contributed by atoms with Gasteiger partial charge in [-0.1, -0.05) is 54.1 Å². The van der Waals surface area contributed by atoms with Crippen LogP contribution in [0.15, 0.2) is 48.5 Å². The van der Waals surface area contributed by atoms with Crippen molar-refractivity contribution in [3.05, 3.63) is 70.8 Å². The van der Waals surface area contributed by atoms with Crippen LogP contribution in [0.2, 0.25) is 0 Å². The van der Waals surface area contributed by atoms with Crippen LogP contribution in [0, 0.1) is 13.8 Å². The highest BCUT2D eigenvalue weighted by atomic mass is 35.5. The normalized spacial score (nSPS) is 11.5. The van der Waals surface area contributed by atoms with Crippen LogP contribution in [-0.4, -0.2) is 17.9 Å². The van der Waals surface area contributed by atoms with Crippen LogP contribution in [0.3, 0.4) is 0 Å². The van der Waals surface area contributed by atoms with E-state index in [-0.39, 0.29) is 18.3 Å². The second-order valence-electron chi connectivity index (χ2n) is 5.51. The van der Waals surface area contributed by atoms with E-state index in [1.54, 1.807) is 11.9 Å². The molecule has 0 bridgehead atoms. The molecule has 0 aromatic heterocycles. The van der Waals surface area contributed by atoms with E-state index >= 15 is 0 Å². The molecule has 118 valence electrons. The third-order valence-corrected chi connectivity index (χ3v) is 3.75. The smallest absolute Gasteiger partial charge is 0.244 e. The van der Waals surface area contributed by atoms with E-state index in [0.717, 1.165) is 16.7 Å². The molecule has 1 atom stereocenters. The zero-order valence-electron chi connectivity index (χ0n) is 13.2.